The molecule has 1 fully saturated rings. The molecule has 0 spiro atoms. The Bertz CT molecular complexity index is 726. The van der Waals surface area contributed by atoms with Gasteiger partial charge in [0.1, 0.15) is 5.82 Å². The summed E-state index contributed by atoms with van der Waals surface area (Å²) in [5, 5.41) is 13.2. The minimum atomic E-state index is 0. The Labute approximate surface area is 159 Å². The number of nitrogens with one attached hydrogen (secondary N) is 1. The van der Waals surface area contributed by atoms with Crippen molar-refractivity contribution in [1.29, 1.82) is 0 Å². The summed E-state index contributed by atoms with van der Waals surface area (Å²) in [7, 11) is 0. The van der Waals surface area contributed by atoms with E-state index in [4.69, 9.17) is 16.3 Å². The maximum atomic E-state index is 6.18. The van der Waals surface area contributed by atoms with Crippen LogP contribution < -0.4 is 5.32 Å². The third-order valence-electron chi connectivity index (χ3n) is 5.08. The molecule has 0 unspecified atom stereocenters. The van der Waals surface area contributed by atoms with Gasteiger partial charge in [-0.25, -0.2) is 0 Å². The molecular formula is C18H24Cl2N4O. The first kappa shape index (κ1) is 18.6. The van der Waals surface area contributed by atoms with Gasteiger partial charge in [-0.3, -0.25) is 4.57 Å². The van der Waals surface area contributed by atoms with Crippen LogP contribution in [0.5, 0.6) is 0 Å². The highest BCUT2D eigenvalue weighted by Crippen LogP contribution is 2.35. The van der Waals surface area contributed by atoms with Crippen LogP contribution in [0.2, 0.25) is 5.02 Å². The van der Waals surface area contributed by atoms with Gasteiger partial charge < -0.3 is 10.1 Å². The predicted octanol–water partition coefficient (Wildman–Crippen LogP) is 4.01. The zero-order chi connectivity index (χ0) is 16.5. The van der Waals surface area contributed by atoms with Crippen LogP contribution in [0.1, 0.15) is 55.7 Å². The van der Waals surface area contributed by atoms with Gasteiger partial charge in [-0.05, 0) is 56.4 Å². The SMILES string of the molecule is CCOC1CCC(c2nnc3n2-c2ccc(Cl)cc2CNC3)CC1.Cl. The van der Waals surface area contributed by atoms with Gasteiger partial charge in [0.25, 0.3) is 0 Å². The van der Waals surface area contributed by atoms with E-state index in [1.807, 2.05) is 12.1 Å². The van der Waals surface area contributed by atoms with Crippen LogP contribution in [0.3, 0.4) is 0 Å². The van der Waals surface area contributed by atoms with Gasteiger partial charge in [-0.15, -0.1) is 22.6 Å². The summed E-state index contributed by atoms with van der Waals surface area (Å²) < 4.78 is 8.03. The van der Waals surface area contributed by atoms with E-state index in [-0.39, 0.29) is 12.4 Å². The van der Waals surface area contributed by atoms with E-state index in [0.29, 0.717) is 12.0 Å². The number of ether oxygens (including phenoxy) is 1. The highest BCUT2D eigenvalue weighted by atomic mass is 35.5. The molecule has 0 saturated heterocycles. The quantitative estimate of drug-likeness (QED) is 0.870. The molecule has 0 atom stereocenters. The summed E-state index contributed by atoms with van der Waals surface area (Å²) >= 11 is 6.18. The predicted molar refractivity (Wildman–Crippen MR) is 101 cm³/mol. The first-order valence-corrected chi connectivity index (χ1v) is 9.19. The molecule has 0 amide bonds. The molecule has 2 aromatic rings. The van der Waals surface area contributed by atoms with Crippen LogP contribution in [0, 0.1) is 0 Å². The van der Waals surface area contributed by atoms with Gasteiger partial charge in [0.15, 0.2) is 5.82 Å². The third-order valence-corrected chi connectivity index (χ3v) is 5.31. The van der Waals surface area contributed by atoms with Crippen LogP contribution in [0.25, 0.3) is 5.69 Å². The molecular weight excluding hydrogens is 359 g/mol. The van der Waals surface area contributed by atoms with E-state index in [1.165, 1.54) is 5.56 Å². The largest absolute Gasteiger partial charge is 0.379 e. The Balaban J connectivity index is 0.00000182. The summed E-state index contributed by atoms with van der Waals surface area (Å²) in [5.74, 6) is 2.52. The van der Waals surface area contributed by atoms with E-state index >= 15 is 0 Å². The summed E-state index contributed by atoms with van der Waals surface area (Å²) in [6.45, 7) is 4.40. The molecule has 7 heteroatoms. The van der Waals surface area contributed by atoms with Gasteiger partial charge in [-0.2, -0.15) is 0 Å². The first-order valence-electron chi connectivity index (χ1n) is 8.81. The second-order valence-electron chi connectivity index (χ2n) is 6.62. The first-order chi connectivity index (χ1) is 11.8. The van der Waals surface area contributed by atoms with Crippen molar-refractivity contribution in [1.82, 2.24) is 20.1 Å². The minimum Gasteiger partial charge on any atom is -0.379 e. The Morgan fingerprint density at radius 1 is 1.20 bits per heavy atom. The van der Waals surface area contributed by atoms with Gasteiger partial charge >= 0.3 is 0 Å². The number of hydrogen-bond acceptors (Lipinski definition) is 4. The van der Waals surface area contributed by atoms with Crippen LogP contribution in [-0.4, -0.2) is 27.5 Å². The summed E-state index contributed by atoms with van der Waals surface area (Å²) in [4.78, 5) is 0. The molecule has 1 aliphatic heterocycles. The van der Waals surface area contributed by atoms with E-state index < -0.39 is 0 Å². The van der Waals surface area contributed by atoms with Crippen molar-refractivity contribution in [3.63, 3.8) is 0 Å². The van der Waals surface area contributed by atoms with Gasteiger partial charge in [-0.1, -0.05) is 11.6 Å². The molecule has 1 saturated carbocycles. The Kier molecular flexibility index (Phi) is 6.00. The average molecular weight is 383 g/mol. The summed E-state index contributed by atoms with van der Waals surface area (Å²) in [6.07, 6.45) is 4.84. The maximum Gasteiger partial charge on any atom is 0.151 e. The van der Waals surface area contributed by atoms with Crippen molar-refractivity contribution in [2.75, 3.05) is 6.61 Å². The number of benzene rings is 1. The number of fused-ring (bicyclic) bond motifs is 3. The second-order valence-corrected chi connectivity index (χ2v) is 7.05. The van der Waals surface area contributed by atoms with Crippen molar-refractivity contribution < 1.29 is 4.74 Å². The number of aromatic nitrogens is 3. The maximum absolute atomic E-state index is 6.18. The van der Waals surface area contributed by atoms with Crippen LogP contribution in [-0.2, 0) is 17.8 Å². The van der Waals surface area contributed by atoms with Crippen molar-refractivity contribution in [3.05, 3.63) is 40.4 Å². The third kappa shape index (κ3) is 3.70. The van der Waals surface area contributed by atoms with E-state index in [9.17, 15) is 0 Å². The van der Waals surface area contributed by atoms with Crippen molar-refractivity contribution >= 4 is 24.0 Å². The number of halogens is 2. The fraction of sp³-hybridized carbons (Fsp3) is 0.556. The smallest absolute Gasteiger partial charge is 0.151 e. The zero-order valence-electron chi connectivity index (χ0n) is 14.4. The lowest BCUT2D eigenvalue weighted by molar-refractivity contribution is 0.0321. The Morgan fingerprint density at radius 2 is 2.00 bits per heavy atom. The van der Waals surface area contributed by atoms with Gasteiger partial charge in [0.2, 0.25) is 0 Å². The monoisotopic (exact) mass is 382 g/mol. The van der Waals surface area contributed by atoms with E-state index in [1.54, 1.807) is 0 Å². The lowest BCUT2D eigenvalue weighted by Crippen LogP contribution is -2.22. The zero-order valence-corrected chi connectivity index (χ0v) is 15.9. The molecule has 1 aromatic heterocycles. The van der Waals surface area contributed by atoms with E-state index in [2.05, 4.69) is 33.1 Å². The fourth-order valence-electron chi connectivity index (χ4n) is 3.92. The lowest BCUT2D eigenvalue weighted by Gasteiger charge is -2.28. The molecule has 2 aliphatic rings. The Morgan fingerprint density at radius 3 is 2.76 bits per heavy atom. The lowest BCUT2D eigenvalue weighted by atomic mass is 9.86. The molecule has 1 N–H and O–H groups in total. The fourth-order valence-corrected chi connectivity index (χ4v) is 4.11. The molecule has 1 aliphatic carbocycles. The van der Waals surface area contributed by atoms with Crippen LogP contribution in [0.4, 0.5) is 0 Å². The van der Waals surface area contributed by atoms with Crippen LogP contribution in [0.15, 0.2) is 18.2 Å². The normalized spacial score (nSPS) is 22.5. The number of hydrogen-bond donors (Lipinski definition) is 1. The van der Waals surface area contributed by atoms with Gasteiger partial charge in [0, 0.05) is 24.1 Å². The molecule has 5 nitrogen and oxygen atoms in total. The molecule has 0 bridgehead atoms. The Hall–Kier alpha value is -1.14. The highest BCUT2D eigenvalue weighted by Gasteiger charge is 2.29. The van der Waals surface area contributed by atoms with Crippen LogP contribution >= 0.6 is 24.0 Å². The molecule has 136 valence electrons. The minimum absolute atomic E-state index is 0. The van der Waals surface area contributed by atoms with Crippen molar-refractivity contribution in [3.8, 4) is 5.69 Å². The molecule has 0 radical (unpaired) electrons. The summed E-state index contributed by atoms with van der Waals surface area (Å²) in [5.41, 5.74) is 2.36. The molecule has 4 rings (SSSR count). The van der Waals surface area contributed by atoms with E-state index in [0.717, 1.165) is 67.7 Å². The van der Waals surface area contributed by atoms with Crippen molar-refractivity contribution in [2.45, 2.75) is 57.7 Å². The topological polar surface area (TPSA) is 52.0 Å². The molecule has 1 aromatic carbocycles. The number of nitrogens with zero attached hydrogens (tertiary/aromatic N) is 3. The average Bonchev–Trinajstić information content (AvgIpc) is 2.92. The molecule has 25 heavy (non-hydrogen) atoms. The summed E-state index contributed by atoms with van der Waals surface area (Å²) in [6, 6.07) is 6.08. The second kappa shape index (κ2) is 8.04. The molecule has 2 heterocycles. The van der Waals surface area contributed by atoms with Gasteiger partial charge in [0.05, 0.1) is 18.3 Å². The van der Waals surface area contributed by atoms with Crippen molar-refractivity contribution in [2.24, 2.45) is 0 Å². The standard InChI is InChI=1S/C18H23ClN4O.ClH/c1-2-24-15-6-3-12(4-7-15)18-22-21-17-11-20-10-13-9-14(19)5-8-16(13)23(17)18;/h5,8-9,12,15,20H,2-4,6-7,10-11H2,1H3;1H. The highest BCUT2D eigenvalue weighted by molar-refractivity contribution is 6.30. The number of rotatable bonds is 3.